The third-order valence-electron chi connectivity index (χ3n) is 4.10. The number of unbranched alkanes of at least 4 members (excludes halogenated alkanes) is 3. The van der Waals surface area contributed by atoms with Gasteiger partial charge in [-0.05, 0) is 24.7 Å². The maximum Gasteiger partial charge on any atom is 0.307 e. The Hall–Kier alpha value is -0.530. The van der Waals surface area contributed by atoms with Gasteiger partial charge in [0.15, 0.2) is 0 Å². The normalized spacial score (nSPS) is 13.8. The zero-order valence-corrected chi connectivity index (χ0v) is 11.4. The van der Waals surface area contributed by atoms with Gasteiger partial charge in [0.25, 0.3) is 0 Å². The molecule has 1 unspecified atom stereocenters. The van der Waals surface area contributed by atoms with E-state index in [1.165, 1.54) is 19.3 Å². The SMILES string of the molecule is CCCCCCC(C(=O)O)C(C)(CC)CC. The topological polar surface area (TPSA) is 37.3 Å². The zero-order valence-electron chi connectivity index (χ0n) is 11.4. The maximum absolute atomic E-state index is 11.3. The first kappa shape index (κ1) is 15.5. The highest BCUT2D eigenvalue weighted by Gasteiger charge is 2.35. The Morgan fingerprint density at radius 3 is 2.06 bits per heavy atom. The van der Waals surface area contributed by atoms with Crippen molar-refractivity contribution in [2.24, 2.45) is 11.3 Å². The summed E-state index contributed by atoms with van der Waals surface area (Å²) in [6, 6.07) is 0. The van der Waals surface area contributed by atoms with Crippen LogP contribution in [0.2, 0.25) is 0 Å². The second-order valence-electron chi connectivity index (χ2n) is 5.10. The summed E-state index contributed by atoms with van der Waals surface area (Å²) in [7, 11) is 0. The Morgan fingerprint density at radius 2 is 1.69 bits per heavy atom. The molecule has 0 aliphatic rings. The van der Waals surface area contributed by atoms with Crippen molar-refractivity contribution < 1.29 is 9.90 Å². The summed E-state index contributed by atoms with van der Waals surface area (Å²) in [6.45, 7) is 8.50. The van der Waals surface area contributed by atoms with Gasteiger partial charge in [-0.3, -0.25) is 4.79 Å². The fraction of sp³-hybridized carbons (Fsp3) is 0.929. The molecule has 0 rings (SSSR count). The molecule has 0 amide bonds. The Morgan fingerprint density at radius 1 is 1.12 bits per heavy atom. The van der Waals surface area contributed by atoms with Gasteiger partial charge in [0.05, 0.1) is 5.92 Å². The molecular weight excluding hydrogens is 200 g/mol. The highest BCUT2D eigenvalue weighted by molar-refractivity contribution is 5.71. The number of carbonyl (C=O) groups is 1. The highest BCUT2D eigenvalue weighted by atomic mass is 16.4. The predicted octanol–water partition coefficient (Wildman–Crippen LogP) is 4.48. The summed E-state index contributed by atoms with van der Waals surface area (Å²) in [5.41, 5.74) is -0.0297. The number of aliphatic carboxylic acids is 1. The summed E-state index contributed by atoms with van der Waals surface area (Å²) in [5, 5.41) is 9.33. The van der Waals surface area contributed by atoms with E-state index in [-0.39, 0.29) is 11.3 Å². The van der Waals surface area contributed by atoms with E-state index in [0.717, 1.165) is 25.7 Å². The van der Waals surface area contributed by atoms with E-state index in [1.807, 2.05) is 0 Å². The molecule has 0 radical (unpaired) electrons. The van der Waals surface area contributed by atoms with Crippen LogP contribution >= 0.6 is 0 Å². The fourth-order valence-corrected chi connectivity index (χ4v) is 2.29. The standard InChI is InChI=1S/C14H28O2/c1-5-8-9-10-11-12(13(15)16)14(4,6-2)7-3/h12H,5-11H2,1-4H3,(H,15,16). The van der Waals surface area contributed by atoms with Crippen molar-refractivity contribution in [2.45, 2.75) is 72.6 Å². The first-order valence-electron chi connectivity index (χ1n) is 6.74. The van der Waals surface area contributed by atoms with Gasteiger partial charge >= 0.3 is 5.97 Å². The largest absolute Gasteiger partial charge is 0.481 e. The Bertz CT molecular complexity index is 195. The number of hydrogen-bond donors (Lipinski definition) is 1. The van der Waals surface area contributed by atoms with Gasteiger partial charge in [-0.15, -0.1) is 0 Å². The van der Waals surface area contributed by atoms with Crippen LogP contribution in [0.1, 0.15) is 72.6 Å². The summed E-state index contributed by atoms with van der Waals surface area (Å²) < 4.78 is 0. The molecule has 0 bridgehead atoms. The molecule has 2 heteroatoms. The fourth-order valence-electron chi connectivity index (χ4n) is 2.29. The van der Waals surface area contributed by atoms with Crippen LogP contribution in [0.3, 0.4) is 0 Å². The van der Waals surface area contributed by atoms with E-state index in [1.54, 1.807) is 0 Å². The van der Waals surface area contributed by atoms with Crippen molar-refractivity contribution >= 4 is 5.97 Å². The number of carboxylic acids is 1. The van der Waals surface area contributed by atoms with E-state index in [2.05, 4.69) is 27.7 Å². The average Bonchev–Trinajstić information content (AvgIpc) is 2.27. The zero-order chi connectivity index (χ0) is 12.6. The van der Waals surface area contributed by atoms with Crippen LogP contribution in [0.25, 0.3) is 0 Å². The van der Waals surface area contributed by atoms with Crippen LogP contribution in [0.4, 0.5) is 0 Å². The summed E-state index contributed by atoms with van der Waals surface area (Å²) in [6.07, 6.45) is 7.40. The number of carboxylic acid groups (broad SMARTS) is 1. The van der Waals surface area contributed by atoms with Gasteiger partial charge in [0, 0.05) is 0 Å². The lowest BCUT2D eigenvalue weighted by atomic mass is 9.71. The Balaban J connectivity index is 4.32. The number of hydrogen-bond acceptors (Lipinski definition) is 1. The van der Waals surface area contributed by atoms with Gasteiger partial charge in [-0.2, -0.15) is 0 Å². The molecule has 0 aliphatic heterocycles. The van der Waals surface area contributed by atoms with Crippen molar-refractivity contribution in [3.05, 3.63) is 0 Å². The molecule has 1 atom stereocenters. The van der Waals surface area contributed by atoms with Crippen LogP contribution < -0.4 is 0 Å². The first-order valence-corrected chi connectivity index (χ1v) is 6.74. The quantitative estimate of drug-likeness (QED) is 0.591. The minimum atomic E-state index is -0.609. The molecule has 0 aromatic heterocycles. The predicted molar refractivity (Wildman–Crippen MR) is 68.6 cm³/mol. The summed E-state index contributed by atoms with van der Waals surface area (Å²) >= 11 is 0. The van der Waals surface area contributed by atoms with Crippen LogP contribution in [0.15, 0.2) is 0 Å². The molecule has 0 heterocycles. The lowest BCUT2D eigenvalue weighted by Gasteiger charge is -2.33. The lowest BCUT2D eigenvalue weighted by molar-refractivity contribution is -0.147. The molecule has 96 valence electrons. The van der Waals surface area contributed by atoms with Crippen molar-refractivity contribution in [2.75, 3.05) is 0 Å². The second kappa shape index (κ2) is 7.70. The van der Waals surface area contributed by atoms with Crippen molar-refractivity contribution in [1.29, 1.82) is 0 Å². The van der Waals surface area contributed by atoms with Gasteiger partial charge in [-0.1, -0.05) is 53.4 Å². The molecule has 1 N–H and O–H groups in total. The Kier molecular flexibility index (Phi) is 7.44. The smallest absolute Gasteiger partial charge is 0.307 e. The van der Waals surface area contributed by atoms with E-state index in [9.17, 15) is 9.90 Å². The van der Waals surface area contributed by atoms with Crippen LogP contribution in [0.5, 0.6) is 0 Å². The Labute approximate surface area is 100 Å². The third-order valence-corrected chi connectivity index (χ3v) is 4.10. The minimum absolute atomic E-state index is 0.0297. The second-order valence-corrected chi connectivity index (χ2v) is 5.10. The molecule has 0 aromatic rings. The molecule has 0 fully saturated rings. The third kappa shape index (κ3) is 4.54. The molecule has 16 heavy (non-hydrogen) atoms. The van der Waals surface area contributed by atoms with Crippen molar-refractivity contribution in [1.82, 2.24) is 0 Å². The maximum atomic E-state index is 11.3. The summed E-state index contributed by atoms with van der Waals surface area (Å²) in [5.74, 6) is -0.776. The molecule has 0 saturated heterocycles. The van der Waals surface area contributed by atoms with Crippen LogP contribution in [-0.2, 0) is 4.79 Å². The van der Waals surface area contributed by atoms with E-state index in [0.29, 0.717) is 0 Å². The van der Waals surface area contributed by atoms with Gasteiger partial charge in [-0.25, -0.2) is 0 Å². The van der Waals surface area contributed by atoms with Crippen LogP contribution in [0, 0.1) is 11.3 Å². The molecule has 0 aliphatic carbocycles. The number of rotatable bonds is 9. The minimum Gasteiger partial charge on any atom is -0.481 e. The highest BCUT2D eigenvalue weighted by Crippen LogP contribution is 2.38. The first-order chi connectivity index (χ1) is 7.51. The van der Waals surface area contributed by atoms with Crippen LogP contribution in [-0.4, -0.2) is 11.1 Å². The van der Waals surface area contributed by atoms with E-state index < -0.39 is 5.97 Å². The molecule has 0 saturated carbocycles. The average molecular weight is 228 g/mol. The lowest BCUT2D eigenvalue weighted by Crippen LogP contribution is -2.32. The molecule has 0 aromatic carbocycles. The van der Waals surface area contributed by atoms with Crippen molar-refractivity contribution in [3.8, 4) is 0 Å². The summed E-state index contributed by atoms with van der Waals surface area (Å²) in [4.78, 5) is 11.3. The van der Waals surface area contributed by atoms with Gasteiger partial charge in [0.1, 0.15) is 0 Å². The van der Waals surface area contributed by atoms with E-state index >= 15 is 0 Å². The molecule has 2 nitrogen and oxygen atoms in total. The van der Waals surface area contributed by atoms with E-state index in [4.69, 9.17) is 0 Å². The molecule has 0 spiro atoms. The van der Waals surface area contributed by atoms with Gasteiger partial charge < -0.3 is 5.11 Å². The van der Waals surface area contributed by atoms with Crippen molar-refractivity contribution in [3.63, 3.8) is 0 Å². The molecular formula is C14H28O2. The monoisotopic (exact) mass is 228 g/mol. The van der Waals surface area contributed by atoms with Gasteiger partial charge in [0.2, 0.25) is 0 Å².